The Balaban J connectivity index is 1.61. The zero-order valence-corrected chi connectivity index (χ0v) is 17.4. The highest BCUT2D eigenvalue weighted by atomic mass is 16.2. The zero-order chi connectivity index (χ0) is 21.4. The van der Waals surface area contributed by atoms with Crippen LogP contribution in [0.1, 0.15) is 45.3 Å². The number of rotatable bonds is 3. The second-order valence-electron chi connectivity index (χ2n) is 8.13. The van der Waals surface area contributed by atoms with Crippen LogP contribution in [-0.4, -0.2) is 56.1 Å². The number of likely N-dealkylation sites (tertiary alicyclic amines) is 1. The molecule has 5 rings (SSSR count). The first-order valence-corrected chi connectivity index (χ1v) is 10.6. The molecule has 2 aliphatic heterocycles. The number of hydrogen-bond donors (Lipinski definition) is 1. The minimum Gasteiger partial charge on any atom is -0.352 e. The maximum Gasteiger partial charge on any atom is 0.288 e. The van der Waals surface area contributed by atoms with E-state index in [0.717, 1.165) is 18.7 Å². The molecule has 0 radical (unpaired) electrons. The van der Waals surface area contributed by atoms with Crippen LogP contribution in [0.15, 0.2) is 54.7 Å². The molecule has 0 saturated carbocycles. The lowest BCUT2D eigenvalue weighted by atomic mass is 9.71. The number of aryl methyl sites for hydroxylation is 1. The van der Waals surface area contributed by atoms with E-state index in [2.05, 4.69) is 32.6 Å². The van der Waals surface area contributed by atoms with E-state index in [1.54, 1.807) is 25.4 Å². The van der Waals surface area contributed by atoms with Gasteiger partial charge in [-0.15, -0.1) is 10.2 Å². The van der Waals surface area contributed by atoms with Gasteiger partial charge >= 0.3 is 0 Å². The van der Waals surface area contributed by atoms with Gasteiger partial charge in [-0.1, -0.05) is 36.4 Å². The van der Waals surface area contributed by atoms with Crippen LogP contribution in [0.5, 0.6) is 0 Å². The summed E-state index contributed by atoms with van der Waals surface area (Å²) in [6.45, 7) is 1.11. The molecule has 3 aromatic rings. The highest BCUT2D eigenvalue weighted by Gasteiger charge is 2.52. The van der Waals surface area contributed by atoms with Gasteiger partial charge in [0.05, 0.1) is 6.04 Å². The molecule has 2 atom stereocenters. The van der Waals surface area contributed by atoms with Crippen molar-refractivity contribution in [2.24, 2.45) is 0 Å². The third-order valence-corrected chi connectivity index (χ3v) is 6.71. The molecule has 1 saturated heterocycles. The molecule has 0 spiro atoms. The van der Waals surface area contributed by atoms with E-state index >= 15 is 0 Å². The number of nitrogens with one attached hydrogen (secondary N) is 1. The minimum absolute atomic E-state index is 0.0820. The average molecular weight is 416 g/mol. The molecule has 0 aliphatic carbocycles. The molecule has 1 aromatic carbocycles. The summed E-state index contributed by atoms with van der Waals surface area (Å²) < 4.78 is 1.89. The fraction of sp³-hybridized carbons (Fsp3) is 0.348. The van der Waals surface area contributed by atoms with Gasteiger partial charge in [-0.05, 0) is 30.5 Å². The molecule has 4 heterocycles. The van der Waals surface area contributed by atoms with Crippen LogP contribution < -0.4 is 5.32 Å². The van der Waals surface area contributed by atoms with Crippen molar-refractivity contribution in [1.82, 2.24) is 30.0 Å². The van der Waals surface area contributed by atoms with Crippen molar-refractivity contribution < 1.29 is 9.59 Å². The molecule has 8 heteroatoms. The monoisotopic (exact) mass is 416 g/mol. The summed E-state index contributed by atoms with van der Waals surface area (Å²) in [5.41, 5.74) is 1.44. The third kappa shape index (κ3) is 3.10. The van der Waals surface area contributed by atoms with E-state index in [4.69, 9.17) is 0 Å². The highest BCUT2D eigenvalue weighted by Crippen LogP contribution is 2.46. The lowest BCUT2D eigenvalue weighted by Gasteiger charge is -2.37. The first kappa shape index (κ1) is 19.4. The van der Waals surface area contributed by atoms with Crippen LogP contribution in [0.3, 0.4) is 0 Å². The summed E-state index contributed by atoms with van der Waals surface area (Å²) in [7, 11) is 1.58. The molecule has 2 aromatic heterocycles. The molecule has 2 amide bonds. The molecule has 1 fully saturated rings. The van der Waals surface area contributed by atoms with E-state index in [9.17, 15) is 9.59 Å². The number of nitrogens with zero attached hydrogens (tertiary/aromatic N) is 5. The number of hydrogen-bond acceptors (Lipinski definition) is 5. The van der Waals surface area contributed by atoms with Gasteiger partial charge in [-0.3, -0.25) is 14.6 Å². The van der Waals surface area contributed by atoms with Crippen molar-refractivity contribution >= 4 is 11.8 Å². The molecule has 8 nitrogen and oxygen atoms in total. The largest absolute Gasteiger partial charge is 0.352 e. The number of fused-ring (bicyclic) bond motifs is 2. The molecule has 0 bridgehead atoms. The summed E-state index contributed by atoms with van der Waals surface area (Å²) in [4.78, 5) is 32.1. The molecular weight excluding hydrogens is 392 g/mol. The number of pyridine rings is 1. The summed E-state index contributed by atoms with van der Waals surface area (Å²) >= 11 is 0. The van der Waals surface area contributed by atoms with E-state index in [1.807, 2.05) is 33.7 Å². The van der Waals surface area contributed by atoms with Crippen LogP contribution in [0.4, 0.5) is 0 Å². The summed E-state index contributed by atoms with van der Waals surface area (Å²) in [6.07, 6.45) is 4.02. The topological polar surface area (TPSA) is 93.0 Å². The summed E-state index contributed by atoms with van der Waals surface area (Å²) in [6, 6.07) is 15.6. The van der Waals surface area contributed by atoms with Crippen LogP contribution >= 0.6 is 0 Å². The fourth-order valence-corrected chi connectivity index (χ4v) is 5.14. The highest BCUT2D eigenvalue weighted by molar-refractivity contribution is 5.93. The van der Waals surface area contributed by atoms with E-state index < -0.39 is 0 Å². The van der Waals surface area contributed by atoms with Gasteiger partial charge in [-0.2, -0.15) is 0 Å². The Hall–Kier alpha value is -3.55. The molecule has 1 N–H and O–H groups in total. The van der Waals surface area contributed by atoms with E-state index in [1.165, 1.54) is 5.56 Å². The molecule has 158 valence electrons. The van der Waals surface area contributed by atoms with Gasteiger partial charge in [0, 0.05) is 38.2 Å². The second kappa shape index (κ2) is 7.61. The molecule has 2 aliphatic rings. The Morgan fingerprint density at radius 1 is 1.06 bits per heavy atom. The van der Waals surface area contributed by atoms with Crippen molar-refractivity contribution in [3.8, 4) is 0 Å². The first-order valence-electron chi connectivity index (χ1n) is 10.6. The maximum absolute atomic E-state index is 13.5. The van der Waals surface area contributed by atoms with Crippen molar-refractivity contribution in [3.63, 3.8) is 0 Å². The van der Waals surface area contributed by atoms with Crippen molar-refractivity contribution in [3.05, 3.63) is 77.6 Å². The predicted molar refractivity (Wildman–Crippen MR) is 114 cm³/mol. The molecular formula is C23H24N6O2. The Morgan fingerprint density at radius 2 is 1.87 bits per heavy atom. The number of carbonyl (C=O) groups is 2. The van der Waals surface area contributed by atoms with Gasteiger partial charge in [0.1, 0.15) is 11.5 Å². The quantitative estimate of drug-likeness (QED) is 0.703. The predicted octanol–water partition coefficient (Wildman–Crippen LogP) is 1.83. The van der Waals surface area contributed by atoms with Gasteiger partial charge in [0.2, 0.25) is 5.82 Å². The van der Waals surface area contributed by atoms with E-state index in [0.29, 0.717) is 31.0 Å². The standard InChI is InChI=1S/C23H24N6O2/c1-24-21(30)20-27-26-19-10-11-23(16-7-3-2-4-8-16)12-14-28(18(23)15-29(19)20)22(31)17-9-5-6-13-25-17/h2-9,13,18H,10-12,14-15H2,1H3,(H,24,30). The number of benzene rings is 1. The van der Waals surface area contributed by atoms with E-state index in [-0.39, 0.29) is 23.3 Å². The SMILES string of the molecule is CNC(=O)c1nnc2n1CC1N(C(=O)c3ccccn3)CCC1(c1ccccc1)CC2. The van der Waals surface area contributed by atoms with Gasteiger partial charge in [0.25, 0.3) is 11.8 Å². The fourth-order valence-electron chi connectivity index (χ4n) is 5.14. The lowest BCUT2D eigenvalue weighted by Crippen LogP contribution is -2.47. The van der Waals surface area contributed by atoms with Crippen LogP contribution in [-0.2, 0) is 18.4 Å². The number of carbonyl (C=O) groups excluding carboxylic acids is 2. The number of aromatic nitrogens is 4. The van der Waals surface area contributed by atoms with Crippen molar-refractivity contribution in [2.75, 3.05) is 13.6 Å². The Kier molecular flexibility index (Phi) is 4.77. The normalized spacial score (nSPS) is 22.4. The van der Waals surface area contributed by atoms with Gasteiger partial charge < -0.3 is 14.8 Å². The average Bonchev–Trinajstić information content (AvgIpc) is 3.36. The maximum atomic E-state index is 13.5. The Bertz CT molecular complexity index is 1110. The Morgan fingerprint density at radius 3 is 2.61 bits per heavy atom. The van der Waals surface area contributed by atoms with Gasteiger partial charge in [0.15, 0.2) is 0 Å². The third-order valence-electron chi connectivity index (χ3n) is 6.71. The van der Waals surface area contributed by atoms with Crippen molar-refractivity contribution in [1.29, 1.82) is 0 Å². The smallest absolute Gasteiger partial charge is 0.288 e. The van der Waals surface area contributed by atoms with Crippen LogP contribution in [0.25, 0.3) is 0 Å². The Labute approximate surface area is 180 Å². The summed E-state index contributed by atoms with van der Waals surface area (Å²) in [5.74, 6) is 0.722. The molecule has 2 unspecified atom stereocenters. The zero-order valence-electron chi connectivity index (χ0n) is 17.4. The lowest BCUT2D eigenvalue weighted by molar-refractivity contribution is 0.0682. The minimum atomic E-state index is -0.272. The van der Waals surface area contributed by atoms with Crippen LogP contribution in [0, 0.1) is 0 Å². The second-order valence-corrected chi connectivity index (χ2v) is 8.13. The van der Waals surface area contributed by atoms with Gasteiger partial charge in [-0.25, -0.2) is 0 Å². The first-order chi connectivity index (χ1) is 15.1. The molecule has 31 heavy (non-hydrogen) atoms. The van der Waals surface area contributed by atoms with Crippen LogP contribution in [0.2, 0.25) is 0 Å². The summed E-state index contributed by atoms with van der Waals surface area (Å²) in [5, 5.41) is 11.1. The number of amides is 2. The van der Waals surface area contributed by atoms with Crippen molar-refractivity contribution in [2.45, 2.75) is 37.3 Å².